The van der Waals surface area contributed by atoms with Crippen molar-refractivity contribution >= 4 is 11.9 Å². The van der Waals surface area contributed by atoms with E-state index >= 15 is 0 Å². The first-order valence-electron chi connectivity index (χ1n) is 10.6. The predicted octanol–water partition coefficient (Wildman–Crippen LogP) is 3.16. The van der Waals surface area contributed by atoms with E-state index < -0.39 is 17.2 Å². The first kappa shape index (κ1) is 21.4. The highest BCUT2D eigenvalue weighted by Crippen LogP contribution is 2.31. The predicted molar refractivity (Wildman–Crippen MR) is 124 cm³/mol. The van der Waals surface area contributed by atoms with Gasteiger partial charge in [-0.05, 0) is 24.0 Å². The van der Waals surface area contributed by atoms with E-state index in [1.165, 1.54) is 11.6 Å². The van der Waals surface area contributed by atoms with Gasteiger partial charge in [-0.25, -0.2) is 4.98 Å². The van der Waals surface area contributed by atoms with Gasteiger partial charge in [0.2, 0.25) is 11.7 Å². The van der Waals surface area contributed by atoms with Crippen LogP contribution in [0.2, 0.25) is 0 Å². The van der Waals surface area contributed by atoms with Crippen molar-refractivity contribution in [1.29, 1.82) is 0 Å². The number of rotatable bonds is 6. The van der Waals surface area contributed by atoms with Crippen LogP contribution < -0.4 is 15.8 Å². The molecule has 1 aliphatic carbocycles. The molecule has 4 rings (SSSR count). The molecule has 0 fully saturated rings. The number of hydrogen-bond donors (Lipinski definition) is 2. The first-order chi connectivity index (χ1) is 15.5. The number of nitrogens with one attached hydrogen (secondary N) is 1. The van der Waals surface area contributed by atoms with Crippen molar-refractivity contribution in [3.8, 4) is 5.75 Å². The monoisotopic (exact) mass is 430 g/mol. The molecular weight excluding hydrogens is 404 g/mol. The van der Waals surface area contributed by atoms with Gasteiger partial charge in [0.1, 0.15) is 0 Å². The normalized spacial score (nSPS) is 13.5. The highest BCUT2D eigenvalue weighted by Gasteiger charge is 2.27. The molecule has 0 aliphatic heterocycles. The Morgan fingerprint density at radius 1 is 1.06 bits per heavy atom. The van der Waals surface area contributed by atoms with Gasteiger partial charge < -0.3 is 15.3 Å². The van der Waals surface area contributed by atoms with Crippen molar-refractivity contribution in [2.45, 2.75) is 24.9 Å². The maximum atomic E-state index is 12.8. The number of nitrogens with zero attached hydrogens (tertiary/aromatic N) is 3. The molecule has 2 aromatic carbocycles. The van der Waals surface area contributed by atoms with Gasteiger partial charge in [-0.1, -0.05) is 72.8 Å². The van der Waals surface area contributed by atoms with Gasteiger partial charge in [0.05, 0.1) is 6.04 Å². The van der Waals surface area contributed by atoms with Crippen LogP contribution in [-0.4, -0.2) is 33.7 Å². The lowest BCUT2D eigenvalue weighted by atomic mass is 9.97. The molecule has 32 heavy (non-hydrogen) atoms. The van der Waals surface area contributed by atoms with Crippen molar-refractivity contribution < 1.29 is 9.90 Å². The Morgan fingerprint density at radius 3 is 2.12 bits per heavy atom. The summed E-state index contributed by atoms with van der Waals surface area (Å²) in [5, 5.41) is 13.3. The van der Waals surface area contributed by atoms with E-state index in [0.717, 1.165) is 11.1 Å². The number of carbonyl (C=O) groups is 1. The summed E-state index contributed by atoms with van der Waals surface area (Å²) >= 11 is 0. The van der Waals surface area contributed by atoms with Crippen molar-refractivity contribution in [3.05, 3.63) is 100.0 Å². The molecule has 2 N–H and O–H groups in total. The Kier molecular flexibility index (Phi) is 6.07. The average molecular weight is 431 g/mol. The maximum absolute atomic E-state index is 12.8. The fraction of sp³-hybridized carbons (Fsp3) is 0.240. The number of hydrogen-bond acceptors (Lipinski definition) is 5. The number of amides is 1. The topological polar surface area (TPSA) is 87.5 Å². The molecule has 7 heteroatoms. The number of aromatic hydroxyl groups is 1. The average Bonchev–Trinajstić information content (AvgIpc) is 3.32. The molecule has 0 unspecified atom stereocenters. The molecule has 7 nitrogen and oxygen atoms in total. The Hall–Kier alpha value is -3.87. The second-order valence-electron chi connectivity index (χ2n) is 7.92. The summed E-state index contributed by atoms with van der Waals surface area (Å²) in [6.07, 6.45) is 5.42. The minimum absolute atomic E-state index is 0.0599. The Bertz CT molecular complexity index is 1140. The second kappa shape index (κ2) is 9.09. The lowest BCUT2D eigenvalue weighted by molar-refractivity contribution is 0.0930. The lowest BCUT2D eigenvalue weighted by Gasteiger charge is -2.31. The van der Waals surface area contributed by atoms with Crippen molar-refractivity contribution in [1.82, 2.24) is 14.9 Å². The smallest absolute Gasteiger partial charge is 0.297 e. The molecule has 0 saturated carbocycles. The summed E-state index contributed by atoms with van der Waals surface area (Å²) in [5.41, 5.74) is 1.08. The minimum Gasteiger partial charge on any atom is -0.501 e. The van der Waals surface area contributed by atoms with E-state index in [0.29, 0.717) is 12.8 Å². The van der Waals surface area contributed by atoms with Crippen LogP contribution in [0.3, 0.4) is 0 Å². The van der Waals surface area contributed by atoms with Crippen LogP contribution in [-0.2, 0) is 7.05 Å². The van der Waals surface area contributed by atoms with Crippen molar-refractivity contribution in [2.75, 3.05) is 11.9 Å². The zero-order valence-corrected chi connectivity index (χ0v) is 18.1. The van der Waals surface area contributed by atoms with Gasteiger partial charge in [0.15, 0.2) is 5.69 Å². The van der Waals surface area contributed by atoms with Crippen LogP contribution in [0, 0.1) is 0 Å². The van der Waals surface area contributed by atoms with Crippen molar-refractivity contribution in [2.24, 2.45) is 7.05 Å². The zero-order valence-electron chi connectivity index (χ0n) is 18.1. The third-order valence-electron chi connectivity index (χ3n) is 5.73. The Labute approximate surface area is 186 Å². The van der Waals surface area contributed by atoms with Gasteiger partial charge in [-0.15, -0.1) is 0 Å². The SMILES string of the molecule is CN(c1nc(C(=O)NC2CC=CC2)c(O)c(=O)n1C)C(c1ccccc1)c1ccccc1. The number of aromatic nitrogens is 2. The van der Waals surface area contributed by atoms with Crippen molar-refractivity contribution in [3.63, 3.8) is 0 Å². The summed E-state index contributed by atoms with van der Waals surface area (Å²) in [6, 6.07) is 19.4. The van der Waals surface area contributed by atoms with Crippen LogP contribution in [0.5, 0.6) is 5.75 Å². The summed E-state index contributed by atoms with van der Waals surface area (Å²) in [5.74, 6) is -0.927. The largest absolute Gasteiger partial charge is 0.501 e. The quantitative estimate of drug-likeness (QED) is 0.587. The number of benzene rings is 2. The number of carbonyl (C=O) groups excluding carboxylic acids is 1. The molecule has 3 aromatic rings. The number of anilines is 1. The minimum atomic E-state index is -0.670. The maximum Gasteiger partial charge on any atom is 0.297 e. The van der Waals surface area contributed by atoms with E-state index in [2.05, 4.69) is 10.3 Å². The standard InChI is InChI=1S/C25H26N4O3/c1-28(21(17-11-5-3-6-12-17)18-13-7-4-8-14-18)25-27-20(22(30)24(32)29(25)2)23(31)26-19-15-9-10-16-19/h3-14,19,21,30H,15-16H2,1-2H3,(H,26,31). The summed E-state index contributed by atoms with van der Waals surface area (Å²) in [7, 11) is 3.36. The molecule has 1 aliphatic rings. The van der Waals surface area contributed by atoms with Gasteiger partial charge in [-0.3, -0.25) is 14.2 Å². The summed E-state index contributed by atoms with van der Waals surface area (Å²) in [4.78, 5) is 31.9. The molecule has 164 valence electrons. The molecular formula is C25H26N4O3. The van der Waals surface area contributed by atoms with Crippen LogP contribution in [0.15, 0.2) is 77.6 Å². The molecule has 0 bridgehead atoms. The van der Waals surface area contributed by atoms with Gasteiger partial charge in [0, 0.05) is 20.1 Å². The van der Waals surface area contributed by atoms with E-state index in [9.17, 15) is 14.7 Å². The highest BCUT2D eigenvalue weighted by atomic mass is 16.3. The Balaban J connectivity index is 1.77. The second-order valence-corrected chi connectivity index (χ2v) is 7.92. The zero-order chi connectivity index (χ0) is 22.7. The van der Waals surface area contributed by atoms with Gasteiger partial charge >= 0.3 is 0 Å². The van der Waals surface area contributed by atoms with Crippen LogP contribution >= 0.6 is 0 Å². The van der Waals surface area contributed by atoms with E-state index in [-0.39, 0.29) is 23.7 Å². The molecule has 0 atom stereocenters. The van der Waals surface area contributed by atoms with Crippen LogP contribution in [0.4, 0.5) is 5.95 Å². The molecule has 1 heterocycles. The van der Waals surface area contributed by atoms with Crippen LogP contribution in [0.25, 0.3) is 0 Å². The molecule has 1 amide bonds. The van der Waals surface area contributed by atoms with Gasteiger partial charge in [-0.2, -0.15) is 0 Å². The third kappa shape index (κ3) is 4.14. The van der Waals surface area contributed by atoms with Crippen LogP contribution in [0.1, 0.15) is 40.5 Å². The molecule has 0 spiro atoms. The van der Waals surface area contributed by atoms with E-state index in [1.807, 2.05) is 84.8 Å². The third-order valence-corrected chi connectivity index (χ3v) is 5.73. The van der Waals surface area contributed by atoms with E-state index in [4.69, 9.17) is 0 Å². The molecule has 0 saturated heterocycles. The lowest BCUT2D eigenvalue weighted by Crippen LogP contribution is -2.37. The Morgan fingerprint density at radius 2 is 1.59 bits per heavy atom. The first-order valence-corrected chi connectivity index (χ1v) is 10.6. The molecule has 1 aromatic heterocycles. The highest BCUT2D eigenvalue weighted by molar-refractivity contribution is 5.95. The summed E-state index contributed by atoms with van der Waals surface area (Å²) in [6.45, 7) is 0. The molecule has 0 radical (unpaired) electrons. The van der Waals surface area contributed by atoms with E-state index in [1.54, 1.807) is 0 Å². The summed E-state index contributed by atoms with van der Waals surface area (Å²) < 4.78 is 1.27. The van der Waals surface area contributed by atoms with Gasteiger partial charge in [0.25, 0.3) is 11.5 Å². The fourth-order valence-corrected chi connectivity index (χ4v) is 4.07. The fourth-order valence-electron chi connectivity index (χ4n) is 4.07.